The molecular weight excluding hydrogens is 342 g/mol. The van der Waals surface area contributed by atoms with E-state index in [1.165, 1.54) is 12.4 Å². The minimum Gasteiger partial charge on any atom is -0.247 e. The second-order valence-electron chi connectivity index (χ2n) is 4.37. The van der Waals surface area contributed by atoms with E-state index in [9.17, 15) is 8.42 Å². The van der Waals surface area contributed by atoms with E-state index < -0.39 is 10.0 Å². The van der Waals surface area contributed by atoms with E-state index in [1.807, 2.05) is 6.92 Å². The van der Waals surface area contributed by atoms with Gasteiger partial charge in [-0.2, -0.15) is 17.6 Å². The Hall–Kier alpha value is -1.73. The van der Waals surface area contributed by atoms with E-state index in [2.05, 4.69) is 26.0 Å². The van der Waals surface area contributed by atoms with E-state index in [4.69, 9.17) is 0 Å². The Labute approximate surface area is 124 Å². The Morgan fingerprint density at radius 3 is 2.55 bits per heavy atom. The zero-order valence-corrected chi connectivity index (χ0v) is 12.9. The van der Waals surface area contributed by atoms with Crippen molar-refractivity contribution in [3.05, 3.63) is 52.9 Å². The molecule has 0 saturated heterocycles. The molecule has 5 nitrogen and oxygen atoms in total. The molecule has 0 aliphatic rings. The third kappa shape index (κ3) is 2.12. The van der Waals surface area contributed by atoms with Gasteiger partial charge in [0.1, 0.15) is 10.1 Å². The van der Waals surface area contributed by atoms with Crippen molar-refractivity contribution < 1.29 is 8.42 Å². The van der Waals surface area contributed by atoms with Gasteiger partial charge in [-0.1, -0.05) is 17.7 Å². The summed E-state index contributed by atoms with van der Waals surface area (Å²) in [6, 6.07) is 8.39. The van der Waals surface area contributed by atoms with Gasteiger partial charge in [0.2, 0.25) is 0 Å². The van der Waals surface area contributed by atoms with Crippen LogP contribution in [-0.4, -0.2) is 22.6 Å². The monoisotopic (exact) mass is 351 g/mol. The van der Waals surface area contributed by atoms with E-state index in [0.29, 0.717) is 15.5 Å². The van der Waals surface area contributed by atoms with Crippen molar-refractivity contribution in [1.29, 1.82) is 0 Å². The Bertz CT molecular complexity index is 886. The van der Waals surface area contributed by atoms with Gasteiger partial charge in [-0.05, 0) is 41.1 Å². The highest BCUT2D eigenvalue weighted by molar-refractivity contribution is 9.10. The average molecular weight is 352 g/mol. The van der Waals surface area contributed by atoms with Crippen LogP contribution in [0.5, 0.6) is 0 Å². The molecule has 0 aliphatic heterocycles. The first-order valence-corrected chi connectivity index (χ1v) is 8.03. The van der Waals surface area contributed by atoms with Gasteiger partial charge in [0.25, 0.3) is 10.0 Å². The topological polar surface area (TPSA) is 64.8 Å². The predicted molar refractivity (Wildman–Crippen MR) is 79.0 cm³/mol. The van der Waals surface area contributed by atoms with Crippen LogP contribution in [0.1, 0.15) is 5.56 Å². The number of benzene rings is 1. The molecule has 0 radical (unpaired) electrons. The van der Waals surface area contributed by atoms with Crippen LogP contribution in [0.25, 0.3) is 10.9 Å². The van der Waals surface area contributed by atoms with Crippen molar-refractivity contribution in [2.24, 2.45) is 0 Å². The van der Waals surface area contributed by atoms with Gasteiger partial charge < -0.3 is 0 Å². The van der Waals surface area contributed by atoms with Gasteiger partial charge in [-0.25, -0.2) is 4.98 Å². The number of halogens is 1. The summed E-state index contributed by atoms with van der Waals surface area (Å²) >= 11 is 3.25. The van der Waals surface area contributed by atoms with E-state index in [1.54, 1.807) is 30.3 Å². The predicted octanol–water partition coefficient (Wildman–Crippen LogP) is 2.74. The van der Waals surface area contributed by atoms with Gasteiger partial charge in [0.15, 0.2) is 0 Å². The first kappa shape index (κ1) is 13.3. The van der Waals surface area contributed by atoms with Crippen LogP contribution in [0, 0.1) is 6.92 Å². The number of rotatable bonds is 2. The molecule has 102 valence electrons. The van der Waals surface area contributed by atoms with Crippen molar-refractivity contribution in [1.82, 2.24) is 14.2 Å². The van der Waals surface area contributed by atoms with E-state index in [-0.39, 0.29) is 4.90 Å². The summed E-state index contributed by atoms with van der Waals surface area (Å²) in [6.07, 6.45) is 2.99. The van der Waals surface area contributed by atoms with Crippen LogP contribution < -0.4 is 0 Å². The molecular formula is C13H10BrN3O2S. The molecule has 2 aromatic heterocycles. The zero-order valence-electron chi connectivity index (χ0n) is 10.5. The first-order chi connectivity index (χ1) is 9.48. The van der Waals surface area contributed by atoms with E-state index >= 15 is 0 Å². The molecule has 0 N–H and O–H groups in total. The molecule has 0 fully saturated rings. The fourth-order valence-corrected chi connectivity index (χ4v) is 3.49. The van der Waals surface area contributed by atoms with Crippen LogP contribution in [0.15, 0.2) is 52.2 Å². The first-order valence-electron chi connectivity index (χ1n) is 5.80. The van der Waals surface area contributed by atoms with Gasteiger partial charge in [0.05, 0.1) is 17.3 Å². The lowest BCUT2D eigenvalue weighted by atomic mass is 10.2. The number of hydrogen-bond donors (Lipinski definition) is 0. The molecule has 0 saturated carbocycles. The molecule has 20 heavy (non-hydrogen) atoms. The van der Waals surface area contributed by atoms with Crippen molar-refractivity contribution in [2.45, 2.75) is 11.8 Å². The second kappa shape index (κ2) is 4.68. The number of aromatic nitrogens is 3. The minimum absolute atomic E-state index is 0.205. The third-order valence-corrected chi connectivity index (χ3v) is 4.98. The maximum Gasteiger partial charge on any atom is 0.283 e. The Kier molecular flexibility index (Phi) is 3.10. The number of pyridine rings is 1. The van der Waals surface area contributed by atoms with Gasteiger partial charge in [-0.15, -0.1) is 0 Å². The second-order valence-corrected chi connectivity index (χ2v) is 6.95. The molecule has 0 atom stereocenters. The molecule has 3 aromatic rings. The zero-order chi connectivity index (χ0) is 14.3. The molecule has 3 rings (SSSR count). The molecule has 1 aromatic carbocycles. The molecule has 0 spiro atoms. The summed E-state index contributed by atoms with van der Waals surface area (Å²) in [5.74, 6) is 0. The molecule has 0 aliphatic carbocycles. The minimum atomic E-state index is -3.70. The number of fused-ring (bicyclic) bond motifs is 1. The average Bonchev–Trinajstić information content (AvgIpc) is 2.82. The van der Waals surface area contributed by atoms with Crippen molar-refractivity contribution >= 4 is 36.9 Å². The smallest absolute Gasteiger partial charge is 0.247 e. The largest absolute Gasteiger partial charge is 0.283 e. The third-order valence-electron chi connectivity index (χ3n) is 2.93. The highest BCUT2D eigenvalue weighted by Gasteiger charge is 2.20. The number of aryl methyl sites for hydroxylation is 1. The number of hydrogen-bond acceptors (Lipinski definition) is 4. The molecule has 0 bridgehead atoms. The lowest BCUT2D eigenvalue weighted by Crippen LogP contribution is -2.14. The highest BCUT2D eigenvalue weighted by atomic mass is 79.9. The summed E-state index contributed by atoms with van der Waals surface area (Å²) in [5.41, 5.74) is 1.45. The quantitative estimate of drug-likeness (QED) is 0.666. The summed E-state index contributed by atoms with van der Waals surface area (Å²) in [5, 5.41) is 4.69. The van der Waals surface area contributed by atoms with Crippen molar-refractivity contribution in [3.8, 4) is 0 Å². The molecule has 0 amide bonds. The Morgan fingerprint density at radius 2 is 1.85 bits per heavy atom. The van der Waals surface area contributed by atoms with Gasteiger partial charge >= 0.3 is 0 Å². The fourth-order valence-electron chi connectivity index (χ4n) is 1.88. The lowest BCUT2D eigenvalue weighted by Gasteiger charge is -2.06. The maximum atomic E-state index is 12.6. The summed E-state index contributed by atoms with van der Waals surface area (Å²) in [4.78, 5) is 4.26. The van der Waals surface area contributed by atoms with Crippen LogP contribution in [0.2, 0.25) is 0 Å². The Morgan fingerprint density at radius 1 is 1.15 bits per heavy atom. The fraction of sp³-hybridized carbons (Fsp3) is 0.0769. The van der Waals surface area contributed by atoms with Crippen molar-refractivity contribution in [2.75, 3.05) is 0 Å². The standard InChI is InChI=1S/C13H10BrN3O2S/c1-9-2-4-11(5-3-9)20(18,19)17-12-8-15-13(14)6-10(12)7-16-17/h2-8H,1H3. The summed E-state index contributed by atoms with van der Waals surface area (Å²) in [7, 11) is -3.70. The summed E-state index contributed by atoms with van der Waals surface area (Å²) in [6.45, 7) is 1.90. The van der Waals surface area contributed by atoms with Gasteiger partial charge in [-0.3, -0.25) is 0 Å². The van der Waals surface area contributed by atoms with E-state index in [0.717, 1.165) is 9.65 Å². The van der Waals surface area contributed by atoms with Gasteiger partial charge in [0, 0.05) is 5.39 Å². The van der Waals surface area contributed by atoms with Crippen molar-refractivity contribution in [3.63, 3.8) is 0 Å². The highest BCUT2D eigenvalue weighted by Crippen LogP contribution is 2.21. The van der Waals surface area contributed by atoms with Crippen LogP contribution >= 0.6 is 15.9 Å². The summed E-state index contributed by atoms with van der Waals surface area (Å²) < 4.78 is 26.8. The Balaban J connectivity index is 2.21. The molecule has 0 unspecified atom stereocenters. The van der Waals surface area contributed by atoms with Crippen LogP contribution in [0.4, 0.5) is 0 Å². The van der Waals surface area contributed by atoms with Crippen LogP contribution in [0.3, 0.4) is 0 Å². The number of nitrogens with zero attached hydrogens (tertiary/aromatic N) is 3. The lowest BCUT2D eigenvalue weighted by molar-refractivity contribution is 0.582. The molecule has 2 heterocycles. The molecule has 7 heteroatoms. The maximum absolute atomic E-state index is 12.6. The normalized spacial score (nSPS) is 11.9. The van der Waals surface area contributed by atoms with Crippen LogP contribution in [-0.2, 0) is 10.0 Å². The SMILES string of the molecule is Cc1ccc(S(=O)(=O)n2ncc3cc(Br)ncc32)cc1.